The summed E-state index contributed by atoms with van der Waals surface area (Å²) in [6.45, 7) is 1.82. The third kappa shape index (κ3) is 4.43. The molecule has 38 heavy (non-hydrogen) atoms. The van der Waals surface area contributed by atoms with E-state index in [0.717, 1.165) is 15.8 Å². The molecule has 0 saturated carbocycles. The second-order valence-corrected chi connectivity index (χ2v) is 10.7. The molecule has 0 aliphatic carbocycles. The summed E-state index contributed by atoms with van der Waals surface area (Å²) in [6.07, 6.45) is 3.38. The minimum Gasteiger partial charge on any atom is -0.436 e. The number of imidazole rings is 1. The molecule has 0 aliphatic rings. The fraction of sp³-hybridized carbons (Fsp3) is 0.0417. The number of aromatic nitrogens is 3. The number of thiophene rings is 2. The number of ether oxygens (including phenoxy) is 1. The molecular weight excluding hydrogens is 528 g/mol. The average molecular weight is 545 g/mol. The van der Waals surface area contributed by atoms with Crippen molar-refractivity contribution < 1.29 is 29.3 Å². The molecule has 0 saturated heterocycles. The fourth-order valence-corrected chi connectivity index (χ4v) is 5.79. The molecule has 5 heterocycles. The molecular formula is C24H17B2N3O7S2. The van der Waals surface area contributed by atoms with Crippen molar-refractivity contribution in [1.82, 2.24) is 14.4 Å². The summed E-state index contributed by atoms with van der Waals surface area (Å²) < 4.78 is 14.0. The van der Waals surface area contributed by atoms with Gasteiger partial charge in [0.15, 0.2) is 0 Å². The highest BCUT2D eigenvalue weighted by molar-refractivity contribution is 7.25. The van der Waals surface area contributed by atoms with Crippen molar-refractivity contribution in [1.29, 1.82) is 0 Å². The van der Waals surface area contributed by atoms with Gasteiger partial charge in [0.05, 0.1) is 21.6 Å². The zero-order valence-electron chi connectivity index (χ0n) is 19.6. The predicted octanol–water partition coefficient (Wildman–Crippen LogP) is 1.75. The van der Waals surface area contributed by atoms with Gasteiger partial charge in [-0.3, -0.25) is 4.40 Å². The molecule has 0 unspecified atom stereocenters. The van der Waals surface area contributed by atoms with Gasteiger partial charge in [0, 0.05) is 33.3 Å². The van der Waals surface area contributed by atoms with E-state index in [1.165, 1.54) is 28.7 Å². The molecule has 188 valence electrons. The molecule has 4 N–H and O–H groups in total. The second-order valence-electron chi connectivity index (χ2n) is 8.43. The molecule has 6 aromatic rings. The van der Waals surface area contributed by atoms with E-state index >= 15 is 0 Å². The number of hydrogen-bond acceptors (Lipinski definition) is 11. The Morgan fingerprint density at radius 3 is 2.37 bits per heavy atom. The molecule has 0 atom stereocenters. The number of fused-ring (bicyclic) bond motifs is 2. The van der Waals surface area contributed by atoms with Gasteiger partial charge in [0.2, 0.25) is 5.65 Å². The predicted molar refractivity (Wildman–Crippen MR) is 147 cm³/mol. The van der Waals surface area contributed by atoms with E-state index in [1.54, 1.807) is 59.3 Å². The van der Waals surface area contributed by atoms with E-state index in [-0.39, 0.29) is 5.88 Å². The zero-order chi connectivity index (χ0) is 26.6. The highest BCUT2D eigenvalue weighted by atomic mass is 32.1. The van der Waals surface area contributed by atoms with Crippen LogP contribution in [0.25, 0.3) is 37.8 Å². The van der Waals surface area contributed by atoms with Gasteiger partial charge >= 0.3 is 19.9 Å². The summed E-state index contributed by atoms with van der Waals surface area (Å²) in [5.41, 5.74) is 2.25. The largest absolute Gasteiger partial charge is 0.499 e. The minimum atomic E-state index is -1.61. The van der Waals surface area contributed by atoms with Crippen LogP contribution in [0.5, 0.6) is 11.6 Å². The highest BCUT2D eigenvalue weighted by Gasteiger charge is 2.21. The normalized spacial score (nSPS) is 11.4. The Morgan fingerprint density at radius 1 is 0.947 bits per heavy atom. The first-order valence-corrected chi connectivity index (χ1v) is 12.9. The summed E-state index contributed by atoms with van der Waals surface area (Å²) >= 11 is 2.38. The lowest BCUT2D eigenvalue weighted by atomic mass is 9.90. The molecule has 0 bridgehead atoms. The van der Waals surface area contributed by atoms with Crippen molar-refractivity contribution in [3.63, 3.8) is 0 Å². The Kier molecular flexibility index (Phi) is 6.14. The Balaban J connectivity index is 1.51. The Hall–Kier alpha value is -3.78. The maximum Gasteiger partial charge on any atom is 0.499 e. The van der Waals surface area contributed by atoms with E-state index in [1.807, 2.05) is 6.92 Å². The standard InChI is InChI=1S/C24H17B2N3O7S2/c1-12-8-22(30)36-17-9-13(2-3-14(12)17)35-24-23-27-10-16(19-5-7-21(38-19)26(33)34)29(23)11-15(28-24)18-4-6-20(37-18)25(31)32/h2-11,31-34H,1H3. The number of nitrogens with zero attached hydrogens (tertiary/aromatic N) is 3. The van der Waals surface area contributed by atoms with Crippen molar-refractivity contribution in [3.05, 3.63) is 76.9 Å². The lowest BCUT2D eigenvalue weighted by Crippen LogP contribution is -2.26. The van der Waals surface area contributed by atoms with Crippen LogP contribution in [-0.2, 0) is 0 Å². The van der Waals surface area contributed by atoms with Crippen LogP contribution < -0.4 is 19.9 Å². The monoisotopic (exact) mass is 545 g/mol. The molecule has 0 spiro atoms. The number of benzene rings is 1. The summed E-state index contributed by atoms with van der Waals surface area (Å²) in [6, 6.07) is 13.3. The third-order valence-corrected chi connectivity index (χ3v) is 8.16. The summed E-state index contributed by atoms with van der Waals surface area (Å²) in [5.74, 6) is 0.545. The van der Waals surface area contributed by atoms with Gasteiger partial charge in [0.1, 0.15) is 17.0 Å². The maximum atomic E-state index is 11.9. The molecule has 1 aromatic carbocycles. The Labute approximate surface area is 223 Å². The first kappa shape index (κ1) is 24.6. The van der Waals surface area contributed by atoms with Crippen LogP contribution in [0.2, 0.25) is 0 Å². The number of hydrogen-bond donors (Lipinski definition) is 4. The molecule has 6 rings (SSSR count). The SMILES string of the molecule is Cc1cc(=O)oc2cc(Oc3nc(-c4ccc(B(O)O)s4)cn4c(-c5ccc(B(O)O)s5)cnc34)ccc12. The van der Waals surface area contributed by atoms with Crippen LogP contribution in [0.4, 0.5) is 0 Å². The van der Waals surface area contributed by atoms with Crippen LogP contribution in [-0.4, -0.2) is 48.7 Å². The van der Waals surface area contributed by atoms with Crippen molar-refractivity contribution >= 4 is 63.1 Å². The van der Waals surface area contributed by atoms with E-state index in [2.05, 4.69) is 9.97 Å². The van der Waals surface area contributed by atoms with Gasteiger partial charge in [-0.15, -0.1) is 22.7 Å². The van der Waals surface area contributed by atoms with Gasteiger partial charge in [0.25, 0.3) is 5.88 Å². The van der Waals surface area contributed by atoms with Gasteiger partial charge in [-0.25, -0.2) is 14.8 Å². The maximum absolute atomic E-state index is 11.9. The smallest absolute Gasteiger partial charge is 0.436 e. The van der Waals surface area contributed by atoms with Crippen LogP contribution >= 0.6 is 22.7 Å². The molecule has 14 heteroatoms. The summed E-state index contributed by atoms with van der Waals surface area (Å²) in [7, 11) is -3.20. The molecule has 0 fully saturated rings. The average Bonchev–Trinajstić information content (AvgIpc) is 3.62. The summed E-state index contributed by atoms with van der Waals surface area (Å²) in [4.78, 5) is 22.5. The van der Waals surface area contributed by atoms with E-state index in [0.29, 0.717) is 42.8 Å². The zero-order valence-corrected chi connectivity index (χ0v) is 21.2. The molecule has 0 aliphatic heterocycles. The summed E-state index contributed by atoms with van der Waals surface area (Å²) in [5, 5.41) is 39.0. The number of rotatable bonds is 6. The Bertz CT molecular complexity index is 1880. The minimum absolute atomic E-state index is 0.168. The van der Waals surface area contributed by atoms with Crippen molar-refractivity contribution in [3.8, 4) is 32.8 Å². The topological polar surface area (TPSA) is 151 Å². The van der Waals surface area contributed by atoms with Crippen LogP contribution in [0.3, 0.4) is 0 Å². The van der Waals surface area contributed by atoms with Gasteiger partial charge in [-0.2, -0.15) is 0 Å². The molecule has 0 amide bonds. The fourth-order valence-electron chi connectivity index (χ4n) is 4.07. The van der Waals surface area contributed by atoms with E-state index < -0.39 is 19.9 Å². The van der Waals surface area contributed by atoms with Crippen molar-refractivity contribution in [2.75, 3.05) is 0 Å². The molecule has 10 nitrogen and oxygen atoms in total. The van der Waals surface area contributed by atoms with Crippen LogP contribution in [0, 0.1) is 6.92 Å². The Morgan fingerprint density at radius 2 is 1.66 bits per heavy atom. The number of aryl methyl sites for hydroxylation is 1. The van der Waals surface area contributed by atoms with Crippen LogP contribution in [0.15, 0.2) is 70.1 Å². The first-order valence-electron chi connectivity index (χ1n) is 11.3. The van der Waals surface area contributed by atoms with Crippen LogP contribution in [0.1, 0.15) is 5.56 Å². The quantitative estimate of drug-likeness (QED) is 0.181. The third-order valence-electron chi connectivity index (χ3n) is 5.87. The van der Waals surface area contributed by atoms with E-state index in [9.17, 15) is 24.9 Å². The first-order chi connectivity index (χ1) is 18.3. The van der Waals surface area contributed by atoms with Crippen molar-refractivity contribution in [2.45, 2.75) is 6.92 Å². The lowest BCUT2D eigenvalue weighted by molar-refractivity contribution is 0.425. The second kappa shape index (κ2) is 9.51. The van der Waals surface area contributed by atoms with Crippen molar-refractivity contribution in [2.24, 2.45) is 0 Å². The van der Waals surface area contributed by atoms with Gasteiger partial charge in [-0.1, -0.05) is 12.1 Å². The molecule has 0 radical (unpaired) electrons. The van der Waals surface area contributed by atoms with Gasteiger partial charge in [-0.05, 0) is 36.8 Å². The lowest BCUT2D eigenvalue weighted by Gasteiger charge is -2.10. The van der Waals surface area contributed by atoms with E-state index in [4.69, 9.17) is 9.15 Å². The van der Waals surface area contributed by atoms with Gasteiger partial charge < -0.3 is 29.3 Å². The highest BCUT2D eigenvalue weighted by Crippen LogP contribution is 2.34. The molecule has 5 aromatic heterocycles.